The Morgan fingerprint density at radius 1 is 1.19 bits per heavy atom. The van der Waals surface area contributed by atoms with Crippen LogP contribution < -0.4 is 5.32 Å². The number of hydrogen-bond donors (Lipinski definition) is 1. The lowest BCUT2D eigenvalue weighted by Gasteiger charge is -2.25. The second-order valence-corrected chi connectivity index (χ2v) is 7.63. The number of benzene rings is 1. The Hall–Kier alpha value is -0.330. The number of rotatable bonds is 7. The number of nitrogens with zero attached hydrogens (tertiary/aromatic N) is 1. The second kappa shape index (κ2) is 7.79. The molecule has 7 heteroatoms. The summed E-state index contributed by atoms with van der Waals surface area (Å²) < 4.78 is 26.9. The molecule has 0 fully saturated rings. The predicted molar refractivity (Wildman–Crippen MR) is 88.5 cm³/mol. The van der Waals surface area contributed by atoms with Crippen molar-refractivity contribution < 1.29 is 8.42 Å². The van der Waals surface area contributed by atoms with Gasteiger partial charge in [0.25, 0.3) is 0 Å². The predicted octanol–water partition coefficient (Wildman–Crippen LogP) is 3.52. The first-order valence-electron chi connectivity index (χ1n) is 6.96. The van der Waals surface area contributed by atoms with Crippen molar-refractivity contribution in [2.75, 3.05) is 13.1 Å². The standard InChI is InChI=1S/C14H22Cl2N2O2S/c1-5-17-9-11-7-14(13(16)8-12(11)15)21(19,20)18(6-2)10(3)4/h7-8,10,17H,5-6,9H2,1-4H3. The molecule has 4 nitrogen and oxygen atoms in total. The number of sulfonamides is 1. The van der Waals surface area contributed by atoms with E-state index >= 15 is 0 Å². The zero-order chi connectivity index (χ0) is 16.2. The van der Waals surface area contributed by atoms with Crippen LogP contribution in [-0.4, -0.2) is 31.9 Å². The smallest absolute Gasteiger partial charge is 0.244 e. The first-order chi connectivity index (χ1) is 9.75. The number of hydrogen-bond acceptors (Lipinski definition) is 3. The van der Waals surface area contributed by atoms with Crippen molar-refractivity contribution in [3.8, 4) is 0 Å². The Morgan fingerprint density at radius 2 is 1.81 bits per heavy atom. The Labute approximate surface area is 137 Å². The summed E-state index contributed by atoms with van der Waals surface area (Å²) in [5.41, 5.74) is 0.723. The fraction of sp³-hybridized carbons (Fsp3) is 0.571. The maximum Gasteiger partial charge on any atom is 0.244 e. The Bertz CT molecular complexity index is 589. The van der Waals surface area contributed by atoms with Crippen LogP contribution in [0.25, 0.3) is 0 Å². The zero-order valence-electron chi connectivity index (χ0n) is 12.8. The van der Waals surface area contributed by atoms with Gasteiger partial charge in [0.15, 0.2) is 0 Å². The van der Waals surface area contributed by atoms with Crippen LogP contribution in [0.4, 0.5) is 0 Å². The lowest BCUT2D eigenvalue weighted by atomic mass is 10.2. The van der Waals surface area contributed by atoms with E-state index in [0.29, 0.717) is 18.1 Å². The van der Waals surface area contributed by atoms with Gasteiger partial charge in [-0.1, -0.05) is 37.0 Å². The van der Waals surface area contributed by atoms with Gasteiger partial charge < -0.3 is 5.32 Å². The van der Waals surface area contributed by atoms with Crippen LogP contribution in [-0.2, 0) is 16.6 Å². The molecule has 1 aromatic carbocycles. The minimum Gasteiger partial charge on any atom is -0.313 e. The quantitative estimate of drug-likeness (QED) is 0.816. The molecule has 0 bridgehead atoms. The monoisotopic (exact) mass is 352 g/mol. The Kier molecular flexibility index (Phi) is 6.94. The van der Waals surface area contributed by atoms with Crippen LogP contribution >= 0.6 is 23.2 Å². The van der Waals surface area contributed by atoms with E-state index in [1.54, 1.807) is 13.0 Å². The van der Waals surface area contributed by atoms with Crippen molar-refractivity contribution in [2.45, 2.75) is 45.2 Å². The van der Waals surface area contributed by atoms with E-state index in [2.05, 4.69) is 5.32 Å². The molecule has 1 rings (SSSR count). The molecule has 21 heavy (non-hydrogen) atoms. The third kappa shape index (κ3) is 4.33. The molecule has 0 heterocycles. The number of nitrogens with one attached hydrogen (secondary N) is 1. The van der Waals surface area contributed by atoms with Crippen molar-refractivity contribution in [1.29, 1.82) is 0 Å². The van der Waals surface area contributed by atoms with E-state index in [0.717, 1.165) is 12.1 Å². The molecule has 0 amide bonds. The third-order valence-corrected chi connectivity index (χ3v) is 6.11. The zero-order valence-corrected chi connectivity index (χ0v) is 15.1. The Morgan fingerprint density at radius 3 is 2.29 bits per heavy atom. The maximum absolute atomic E-state index is 12.7. The van der Waals surface area contributed by atoms with Crippen LogP contribution in [0.15, 0.2) is 17.0 Å². The van der Waals surface area contributed by atoms with Gasteiger partial charge in [0.1, 0.15) is 4.90 Å². The first-order valence-corrected chi connectivity index (χ1v) is 9.15. The maximum atomic E-state index is 12.7. The second-order valence-electron chi connectivity index (χ2n) is 4.96. The first kappa shape index (κ1) is 18.7. The molecule has 0 aliphatic rings. The van der Waals surface area contributed by atoms with E-state index in [9.17, 15) is 8.42 Å². The highest BCUT2D eigenvalue weighted by Crippen LogP contribution is 2.31. The van der Waals surface area contributed by atoms with E-state index in [1.165, 1.54) is 10.4 Å². The molecular weight excluding hydrogens is 331 g/mol. The highest BCUT2D eigenvalue weighted by Gasteiger charge is 2.28. The fourth-order valence-electron chi connectivity index (χ4n) is 2.10. The van der Waals surface area contributed by atoms with Crippen molar-refractivity contribution >= 4 is 33.2 Å². The molecule has 0 atom stereocenters. The minimum atomic E-state index is -3.63. The number of halogens is 2. The average Bonchev–Trinajstić information content (AvgIpc) is 2.37. The average molecular weight is 353 g/mol. The van der Waals surface area contributed by atoms with Crippen LogP contribution in [0.3, 0.4) is 0 Å². The van der Waals surface area contributed by atoms with Crippen LogP contribution in [0.5, 0.6) is 0 Å². The van der Waals surface area contributed by atoms with Crippen LogP contribution in [0, 0.1) is 0 Å². The van der Waals surface area contributed by atoms with Crippen molar-refractivity contribution in [3.63, 3.8) is 0 Å². The van der Waals surface area contributed by atoms with E-state index in [-0.39, 0.29) is 16.0 Å². The molecule has 0 saturated carbocycles. The van der Waals surface area contributed by atoms with Gasteiger partial charge in [-0.3, -0.25) is 0 Å². The van der Waals surface area contributed by atoms with Gasteiger partial charge in [-0.15, -0.1) is 0 Å². The summed E-state index contributed by atoms with van der Waals surface area (Å²) >= 11 is 12.2. The van der Waals surface area contributed by atoms with Crippen molar-refractivity contribution in [1.82, 2.24) is 9.62 Å². The summed E-state index contributed by atoms with van der Waals surface area (Å²) in [6.45, 7) is 9.12. The summed E-state index contributed by atoms with van der Waals surface area (Å²) in [6, 6.07) is 2.92. The molecule has 1 N–H and O–H groups in total. The van der Waals surface area contributed by atoms with Crippen LogP contribution in [0.2, 0.25) is 10.0 Å². The largest absolute Gasteiger partial charge is 0.313 e. The molecule has 1 aromatic rings. The highest BCUT2D eigenvalue weighted by molar-refractivity contribution is 7.89. The summed E-state index contributed by atoms with van der Waals surface area (Å²) in [7, 11) is -3.63. The lowest BCUT2D eigenvalue weighted by molar-refractivity contribution is 0.369. The SMILES string of the molecule is CCNCc1cc(S(=O)(=O)N(CC)C(C)C)c(Cl)cc1Cl. The molecule has 0 aliphatic heterocycles. The van der Waals surface area contributed by atoms with Crippen molar-refractivity contribution in [3.05, 3.63) is 27.7 Å². The summed E-state index contributed by atoms with van der Waals surface area (Å²) in [5.74, 6) is 0. The van der Waals surface area contributed by atoms with Gasteiger partial charge in [0.05, 0.1) is 5.02 Å². The highest BCUT2D eigenvalue weighted by atomic mass is 35.5. The summed E-state index contributed by atoms with van der Waals surface area (Å²) in [4.78, 5) is 0.108. The van der Waals surface area contributed by atoms with Gasteiger partial charge >= 0.3 is 0 Å². The molecular formula is C14H22Cl2N2O2S. The molecule has 0 spiro atoms. The molecule has 0 aliphatic carbocycles. The Balaban J connectivity index is 3.34. The van der Waals surface area contributed by atoms with Gasteiger partial charge in [-0.05, 0) is 38.1 Å². The van der Waals surface area contributed by atoms with E-state index < -0.39 is 10.0 Å². The van der Waals surface area contributed by atoms with Crippen LogP contribution in [0.1, 0.15) is 33.3 Å². The summed E-state index contributed by atoms with van der Waals surface area (Å²) in [6.07, 6.45) is 0. The lowest BCUT2D eigenvalue weighted by Crippen LogP contribution is -2.36. The van der Waals surface area contributed by atoms with E-state index in [4.69, 9.17) is 23.2 Å². The van der Waals surface area contributed by atoms with Gasteiger partial charge in [0, 0.05) is 24.2 Å². The fourth-order valence-corrected chi connectivity index (χ4v) is 4.59. The molecule has 0 aromatic heterocycles. The molecule has 0 saturated heterocycles. The summed E-state index contributed by atoms with van der Waals surface area (Å²) in [5, 5.41) is 3.75. The van der Waals surface area contributed by atoms with E-state index in [1.807, 2.05) is 20.8 Å². The molecule has 0 radical (unpaired) electrons. The van der Waals surface area contributed by atoms with Gasteiger partial charge in [-0.25, -0.2) is 8.42 Å². The minimum absolute atomic E-state index is 0.108. The van der Waals surface area contributed by atoms with Crippen molar-refractivity contribution in [2.24, 2.45) is 0 Å². The molecule has 120 valence electrons. The molecule has 0 unspecified atom stereocenters. The topological polar surface area (TPSA) is 49.4 Å². The van der Waals surface area contributed by atoms with Gasteiger partial charge in [-0.2, -0.15) is 4.31 Å². The van der Waals surface area contributed by atoms with Gasteiger partial charge in [0.2, 0.25) is 10.0 Å². The third-order valence-electron chi connectivity index (χ3n) is 3.14. The normalized spacial score (nSPS) is 12.4.